The summed E-state index contributed by atoms with van der Waals surface area (Å²) in [6.45, 7) is 1.08. The van der Waals surface area contributed by atoms with Crippen molar-refractivity contribution in [1.29, 1.82) is 0 Å². The van der Waals surface area contributed by atoms with Gasteiger partial charge in [0.2, 0.25) is 11.8 Å². The molecule has 2 saturated heterocycles. The van der Waals surface area contributed by atoms with Crippen molar-refractivity contribution in [2.75, 3.05) is 19.6 Å². The van der Waals surface area contributed by atoms with Crippen molar-refractivity contribution in [1.82, 2.24) is 20.1 Å². The number of thiazole rings is 1. The average Bonchev–Trinajstić information content (AvgIpc) is 3.34. The molecule has 1 aromatic heterocycles. The summed E-state index contributed by atoms with van der Waals surface area (Å²) in [5.41, 5.74) is 0.977. The Morgan fingerprint density at radius 2 is 2.15 bits per heavy atom. The molecule has 1 aromatic carbocycles. The largest absolute Gasteiger partial charge is 0.333 e. The first kappa shape index (κ1) is 17.0. The van der Waals surface area contributed by atoms with Gasteiger partial charge in [0, 0.05) is 19.5 Å². The second kappa shape index (κ2) is 7.03. The normalized spacial score (nSPS) is 20.2. The van der Waals surface area contributed by atoms with Gasteiger partial charge >= 0.3 is 6.03 Å². The van der Waals surface area contributed by atoms with Crippen LogP contribution in [0.2, 0.25) is 0 Å². The summed E-state index contributed by atoms with van der Waals surface area (Å²) in [4.78, 5) is 43.6. The van der Waals surface area contributed by atoms with Gasteiger partial charge in [-0.25, -0.2) is 9.78 Å². The van der Waals surface area contributed by atoms with Gasteiger partial charge in [-0.1, -0.05) is 12.1 Å². The first-order valence-corrected chi connectivity index (χ1v) is 9.68. The molecule has 0 radical (unpaired) electrons. The third-order valence-electron chi connectivity index (χ3n) is 4.88. The average molecular weight is 372 g/mol. The minimum atomic E-state index is -0.365. The predicted octanol–water partition coefficient (Wildman–Crippen LogP) is 2.29. The fraction of sp³-hybridized carbons (Fsp3) is 0.444. The third-order valence-corrected chi connectivity index (χ3v) is 6.02. The van der Waals surface area contributed by atoms with Crippen molar-refractivity contribution in [3.63, 3.8) is 0 Å². The number of urea groups is 1. The fourth-order valence-electron chi connectivity index (χ4n) is 3.57. The molecule has 0 bridgehead atoms. The van der Waals surface area contributed by atoms with Gasteiger partial charge < -0.3 is 10.2 Å². The minimum Gasteiger partial charge on any atom is -0.333 e. The van der Waals surface area contributed by atoms with Gasteiger partial charge in [0.1, 0.15) is 5.01 Å². The summed E-state index contributed by atoms with van der Waals surface area (Å²) in [7, 11) is 0. The van der Waals surface area contributed by atoms with Gasteiger partial charge in [-0.3, -0.25) is 14.5 Å². The van der Waals surface area contributed by atoms with Crippen LogP contribution in [0, 0.1) is 0 Å². The maximum atomic E-state index is 12.7. The van der Waals surface area contributed by atoms with Crippen LogP contribution in [-0.4, -0.2) is 52.3 Å². The number of nitrogens with one attached hydrogen (secondary N) is 1. The number of para-hydroxylation sites is 1. The minimum absolute atomic E-state index is 0.0385. The van der Waals surface area contributed by atoms with Crippen molar-refractivity contribution in [3.05, 3.63) is 29.3 Å². The molecule has 4 rings (SSSR count). The first-order valence-electron chi connectivity index (χ1n) is 8.86. The van der Waals surface area contributed by atoms with Crippen LogP contribution >= 0.6 is 11.3 Å². The second-order valence-electron chi connectivity index (χ2n) is 6.57. The number of imide groups is 1. The van der Waals surface area contributed by atoms with Crippen molar-refractivity contribution < 1.29 is 14.4 Å². The Morgan fingerprint density at radius 1 is 1.31 bits per heavy atom. The number of benzene rings is 1. The lowest BCUT2D eigenvalue weighted by Crippen LogP contribution is -2.34. The number of fused-ring (bicyclic) bond motifs is 1. The monoisotopic (exact) mass is 372 g/mol. The summed E-state index contributed by atoms with van der Waals surface area (Å²) in [5, 5.41) is 3.48. The van der Waals surface area contributed by atoms with E-state index in [1.54, 1.807) is 11.3 Å². The van der Waals surface area contributed by atoms with Crippen LogP contribution in [0.1, 0.15) is 36.7 Å². The Kier molecular flexibility index (Phi) is 4.58. The van der Waals surface area contributed by atoms with Crippen LogP contribution in [-0.2, 0) is 9.59 Å². The lowest BCUT2D eigenvalue weighted by Gasteiger charge is -2.23. The number of hydrogen-bond donors (Lipinski definition) is 1. The molecule has 3 heterocycles. The number of likely N-dealkylation sites (tertiary alicyclic amines) is 1. The van der Waals surface area contributed by atoms with E-state index < -0.39 is 0 Å². The zero-order chi connectivity index (χ0) is 18.1. The van der Waals surface area contributed by atoms with Gasteiger partial charge in [0.15, 0.2) is 0 Å². The molecule has 0 aliphatic carbocycles. The van der Waals surface area contributed by atoms with E-state index in [0.29, 0.717) is 12.8 Å². The van der Waals surface area contributed by atoms with Gasteiger partial charge in [-0.15, -0.1) is 11.3 Å². The molecule has 2 fully saturated rings. The molecule has 2 aliphatic heterocycles. The van der Waals surface area contributed by atoms with Crippen LogP contribution in [0.5, 0.6) is 0 Å². The number of rotatable bonds is 5. The number of carbonyl (C=O) groups excluding carboxylic acids is 3. The molecule has 0 saturated carbocycles. The smallest absolute Gasteiger partial charge is 0.324 e. The summed E-state index contributed by atoms with van der Waals surface area (Å²) in [6.07, 6.45) is 2.72. The van der Waals surface area contributed by atoms with E-state index in [1.807, 2.05) is 23.1 Å². The summed E-state index contributed by atoms with van der Waals surface area (Å²) in [6, 6.07) is 7.69. The second-order valence-corrected chi connectivity index (χ2v) is 7.63. The Bertz CT molecular complexity index is 816. The summed E-state index contributed by atoms with van der Waals surface area (Å²) in [5.74, 6) is -0.158. The molecule has 1 unspecified atom stereocenters. The van der Waals surface area contributed by atoms with E-state index in [1.165, 1.54) is 4.90 Å². The maximum Gasteiger partial charge on any atom is 0.324 e. The Hall–Kier alpha value is -2.48. The molecule has 1 atom stereocenters. The Labute approximate surface area is 155 Å². The van der Waals surface area contributed by atoms with Gasteiger partial charge in [0.05, 0.1) is 22.8 Å². The molecular formula is C18H20N4O3S. The van der Waals surface area contributed by atoms with E-state index in [0.717, 1.165) is 34.6 Å². The van der Waals surface area contributed by atoms with Crippen LogP contribution in [0.25, 0.3) is 10.2 Å². The number of carbonyl (C=O) groups is 3. The highest BCUT2D eigenvalue weighted by atomic mass is 32.1. The Balaban J connectivity index is 1.39. The molecule has 7 nitrogen and oxygen atoms in total. The van der Waals surface area contributed by atoms with E-state index >= 15 is 0 Å². The molecule has 136 valence electrons. The molecular weight excluding hydrogens is 352 g/mol. The quantitative estimate of drug-likeness (QED) is 0.817. The van der Waals surface area contributed by atoms with Crippen molar-refractivity contribution in [3.8, 4) is 0 Å². The molecule has 0 spiro atoms. The number of aromatic nitrogens is 1. The molecule has 8 heteroatoms. The molecule has 4 amide bonds. The predicted molar refractivity (Wildman–Crippen MR) is 97.7 cm³/mol. The van der Waals surface area contributed by atoms with E-state index in [4.69, 9.17) is 4.98 Å². The van der Waals surface area contributed by atoms with Crippen LogP contribution < -0.4 is 5.32 Å². The third kappa shape index (κ3) is 3.16. The topological polar surface area (TPSA) is 82.6 Å². The standard InChI is InChI=1S/C18H20N4O3S/c23-15(8-4-10-22-16(24)11-19-18(22)25)21-9-3-6-13(21)17-20-12-5-1-2-7-14(12)26-17/h1-2,5,7,13H,3-4,6,8-11H2,(H,19,25). The van der Waals surface area contributed by atoms with Crippen molar-refractivity contribution in [2.24, 2.45) is 0 Å². The maximum absolute atomic E-state index is 12.7. The number of nitrogens with zero attached hydrogens (tertiary/aromatic N) is 3. The fourth-order valence-corrected chi connectivity index (χ4v) is 4.68. The van der Waals surface area contributed by atoms with Crippen LogP contribution in [0.15, 0.2) is 24.3 Å². The van der Waals surface area contributed by atoms with E-state index in [2.05, 4.69) is 11.4 Å². The highest BCUT2D eigenvalue weighted by Crippen LogP contribution is 2.36. The van der Waals surface area contributed by atoms with Crippen molar-refractivity contribution in [2.45, 2.75) is 31.7 Å². The van der Waals surface area contributed by atoms with Crippen molar-refractivity contribution >= 4 is 39.4 Å². The van der Waals surface area contributed by atoms with Crippen LogP contribution in [0.4, 0.5) is 4.79 Å². The lowest BCUT2D eigenvalue weighted by molar-refractivity contribution is -0.133. The van der Waals surface area contributed by atoms with Gasteiger partial charge in [-0.2, -0.15) is 0 Å². The zero-order valence-electron chi connectivity index (χ0n) is 14.3. The summed E-state index contributed by atoms with van der Waals surface area (Å²) < 4.78 is 1.14. The Morgan fingerprint density at radius 3 is 2.92 bits per heavy atom. The summed E-state index contributed by atoms with van der Waals surface area (Å²) >= 11 is 1.65. The molecule has 2 aliphatic rings. The number of amides is 4. The van der Waals surface area contributed by atoms with Gasteiger partial charge in [0.25, 0.3) is 0 Å². The van der Waals surface area contributed by atoms with E-state index in [9.17, 15) is 14.4 Å². The zero-order valence-corrected chi connectivity index (χ0v) is 15.1. The van der Waals surface area contributed by atoms with E-state index in [-0.39, 0.29) is 37.0 Å². The molecule has 2 aromatic rings. The molecule has 26 heavy (non-hydrogen) atoms. The van der Waals surface area contributed by atoms with Gasteiger partial charge in [-0.05, 0) is 31.4 Å². The number of hydrogen-bond acceptors (Lipinski definition) is 5. The highest BCUT2D eigenvalue weighted by Gasteiger charge is 2.32. The molecule has 1 N–H and O–H groups in total. The SMILES string of the molecule is O=C1CNC(=O)N1CCCC(=O)N1CCCC1c1nc2ccccc2s1. The first-order chi connectivity index (χ1) is 12.6. The van der Waals surface area contributed by atoms with Crippen LogP contribution in [0.3, 0.4) is 0 Å². The lowest BCUT2D eigenvalue weighted by atomic mass is 10.2. The highest BCUT2D eigenvalue weighted by molar-refractivity contribution is 7.18.